The summed E-state index contributed by atoms with van der Waals surface area (Å²) < 4.78 is 31.0. The van der Waals surface area contributed by atoms with Gasteiger partial charge in [-0.15, -0.1) is 0 Å². The van der Waals surface area contributed by atoms with Crippen LogP contribution in [0.1, 0.15) is 13.8 Å². The summed E-state index contributed by atoms with van der Waals surface area (Å²) >= 11 is 0. The minimum Gasteiger partial charge on any atom is -0.480 e. The van der Waals surface area contributed by atoms with Gasteiger partial charge in [0.15, 0.2) is 0 Å². The van der Waals surface area contributed by atoms with E-state index < -0.39 is 34.2 Å². The number of hydrogen-bond acceptors (Lipinski definition) is 5. The van der Waals surface area contributed by atoms with E-state index >= 15 is 0 Å². The predicted octanol–water partition coefficient (Wildman–Crippen LogP) is 1.28. The summed E-state index contributed by atoms with van der Waals surface area (Å²) in [5, 5.41) is 9.33. The molecule has 0 amide bonds. The van der Waals surface area contributed by atoms with Crippen LogP contribution < -0.4 is 5.63 Å². The van der Waals surface area contributed by atoms with Crippen LogP contribution in [0.5, 0.6) is 0 Å². The van der Waals surface area contributed by atoms with E-state index in [1.807, 2.05) is 0 Å². The lowest BCUT2D eigenvalue weighted by molar-refractivity contribution is -0.137. The Morgan fingerprint density at radius 1 is 1.27 bits per heavy atom. The van der Waals surface area contributed by atoms with Gasteiger partial charge in [0.25, 0.3) is 0 Å². The van der Waals surface area contributed by atoms with Crippen molar-refractivity contribution in [2.45, 2.75) is 24.8 Å². The monoisotopic (exact) mass is 325 g/mol. The molecule has 1 aromatic carbocycles. The fraction of sp³-hybridized carbons (Fsp3) is 0.286. The van der Waals surface area contributed by atoms with Crippen LogP contribution in [0.3, 0.4) is 0 Å². The quantitative estimate of drug-likeness (QED) is 0.830. The zero-order valence-electron chi connectivity index (χ0n) is 12.0. The van der Waals surface area contributed by atoms with Gasteiger partial charge in [-0.2, -0.15) is 4.31 Å². The highest BCUT2D eigenvalue weighted by molar-refractivity contribution is 7.89. The Hall–Kier alpha value is -2.19. The molecule has 0 unspecified atom stereocenters. The maximum absolute atomic E-state index is 12.6. The maximum atomic E-state index is 12.6. The first-order chi connectivity index (χ1) is 10.2. The third-order valence-corrected chi connectivity index (χ3v) is 5.08. The summed E-state index contributed by atoms with van der Waals surface area (Å²) in [5.41, 5.74) is -0.265. The number of hydrogen-bond donors (Lipinski definition) is 1. The molecule has 0 saturated carbocycles. The van der Waals surface area contributed by atoms with Gasteiger partial charge in [0.2, 0.25) is 10.0 Å². The van der Waals surface area contributed by atoms with Crippen LogP contribution in [-0.4, -0.2) is 36.4 Å². The van der Waals surface area contributed by atoms with Crippen LogP contribution in [0.25, 0.3) is 11.0 Å². The number of carboxylic acids is 1. The largest absolute Gasteiger partial charge is 0.480 e. The summed E-state index contributed by atoms with van der Waals surface area (Å²) in [6.45, 7) is 2.57. The number of carbonyl (C=O) groups is 1. The summed E-state index contributed by atoms with van der Waals surface area (Å²) in [5.74, 6) is -1.23. The third kappa shape index (κ3) is 3.18. The van der Waals surface area contributed by atoms with Crippen LogP contribution in [0.2, 0.25) is 0 Å². The highest BCUT2D eigenvalue weighted by atomic mass is 32.2. The molecule has 0 fully saturated rings. The van der Waals surface area contributed by atoms with Crippen LogP contribution in [0.15, 0.2) is 44.4 Å². The van der Waals surface area contributed by atoms with Gasteiger partial charge in [0, 0.05) is 17.5 Å². The van der Waals surface area contributed by atoms with Crippen molar-refractivity contribution in [2.24, 2.45) is 0 Å². The van der Waals surface area contributed by atoms with E-state index in [9.17, 15) is 18.0 Å². The van der Waals surface area contributed by atoms with Crippen molar-refractivity contribution in [1.82, 2.24) is 4.31 Å². The van der Waals surface area contributed by atoms with Crippen LogP contribution in [0, 0.1) is 0 Å². The summed E-state index contributed by atoms with van der Waals surface area (Å²) in [7, 11) is -3.96. The van der Waals surface area contributed by atoms with Crippen molar-refractivity contribution in [3.05, 3.63) is 40.8 Å². The Kier molecular flexibility index (Phi) is 4.34. The first kappa shape index (κ1) is 16.2. The Morgan fingerprint density at radius 2 is 1.95 bits per heavy atom. The Morgan fingerprint density at radius 3 is 2.55 bits per heavy atom. The maximum Gasteiger partial charge on any atom is 0.336 e. The number of carboxylic acid groups (broad SMARTS) is 1. The van der Waals surface area contributed by atoms with Gasteiger partial charge in [0.05, 0.1) is 4.90 Å². The normalized spacial score (nSPS) is 12.2. The lowest BCUT2D eigenvalue weighted by Crippen LogP contribution is -2.40. The van der Waals surface area contributed by atoms with Crippen molar-refractivity contribution < 1.29 is 22.7 Å². The average Bonchev–Trinajstić information content (AvgIpc) is 2.43. The first-order valence-corrected chi connectivity index (χ1v) is 7.93. The molecule has 0 bridgehead atoms. The molecule has 2 aromatic rings. The molecule has 1 N–H and O–H groups in total. The van der Waals surface area contributed by atoms with E-state index in [1.165, 1.54) is 30.3 Å². The van der Waals surface area contributed by atoms with E-state index in [-0.39, 0.29) is 10.5 Å². The number of fused-ring (bicyclic) bond motifs is 1. The van der Waals surface area contributed by atoms with Crippen molar-refractivity contribution in [2.75, 3.05) is 6.54 Å². The van der Waals surface area contributed by atoms with Gasteiger partial charge >= 0.3 is 11.6 Å². The van der Waals surface area contributed by atoms with Gasteiger partial charge in [-0.1, -0.05) is 0 Å². The Bertz CT molecular complexity index is 868. The molecule has 0 saturated heterocycles. The molecule has 0 aliphatic rings. The van der Waals surface area contributed by atoms with Crippen LogP contribution in [-0.2, 0) is 14.8 Å². The van der Waals surface area contributed by atoms with Crippen molar-refractivity contribution in [1.29, 1.82) is 0 Å². The second-order valence-electron chi connectivity index (χ2n) is 4.99. The lowest BCUT2D eigenvalue weighted by atomic mass is 10.2. The van der Waals surface area contributed by atoms with E-state index in [2.05, 4.69) is 0 Å². The number of sulfonamides is 1. The van der Waals surface area contributed by atoms with Gasteiger partial charge in [-0.3, -0.25) is 4.79 Å². The molecule has 7 nitrogen and oxygen atoms in total. The molecule has 0 radical (unpaired) electrons. The summed E-state index contributed by atoms with van der Waals surface area (Å²) in [6.07, 6.45) is 0. The standard InChI is InChI=1S/C14H15NO6S/c1-9(2)15(8-13(16)17)22(19,20)11-4-5-12-10(7-11)3-6-14(18)21-12/h3-7,9H,8H2,1-2H3,(H,16,17). The van der Waals surface area contributed by atoms with E-state index in [0.717, 1.165) is 4.31 Å². The second-order valence-corrected chi connectivity index (χ2v) is 6.88. The molecule has 118 valence electrons. The van der Waals surface area contributed by atoms with Crippen molar-refractivity contribution >= 4 is 27.0 Å². The highest BCUT2D eigenvalue weighted by Gasteiger charge is 2.29. The molecule has 8 heteroatoms. The minimum absolute atomic E-state index is 0.0520. The van der Waals surface area contributed by atoms with E-state index in [4.69, 9.17) is 9.52 Å². The van der Waals surface area contributed by atoms with Gasteiger partial charge in [0.1, 0.15) is 12.1 Å². The molecule has 0 spiro atoms. The zero-order valence-corrected chi connectivity index (χ0v) is 12.8. The summed E-state index contributed by atoms with van der Waals surface area (Å²) in [4.78, 5) is 22.0. The third-order valence-electron chi connectivity index (χ3n) is 3.06. The van der Waals surface area contributed by atoms with Crippen molar-refractivity contribution in [3.8, 4) is 0 Å². The summed E-state index contributed by atoms with van der Waals surface area (Å²) in [6, 6.07) is 6.16. The lowest BCUT2D eigenvalue weighted by Gasteiger charge is -2.24. The minimum atomic E-state index is -3.96. The van der Waals surface area contributed by atoms with E-state index in [1.54, 1.807) is 13.8 Å². The smallest absolute Gasteiger partial charge is 0.336 e. The van der Waals surface area contributed by atoms with Crippen molar-refractivity contribution in [3.63, 3.8) is 0 Å². The first-order valence-electron chi connectivity index (χ1n) is 6.49. The molecule has 0 aliphatic heterocycles. The number of rotatable bonds is 5. The van der Waals surface area contributed by atoms with Gasteiger partial charge in [-0.05, 0) is 38.1 Å². The number of aliphatic carboxylic acids is 1. The van der Waals surface area contributed by atoms with Crippen LogP contribution in [0.4, 0.5) is 0 Å². The molecule has 0 aliphatic carbocycles. The molecular formula is C14H15NO6S. The topological polar surface area (TPSA) is 105 Å². The molecule has 1 heterocycles. The zero-order chi connectivity index (χ0) is 16.5. The molecular weight excluding hydrogens is 310 g/mol. The number of nitrogens with zero attached hydrogens (tertiary/aromatic N) is 1. The average molecular weight is 325 g/mol. The highest BCUT2D eigenvalue weighted by Crippen LogP contribution is 2.22. The molecule has 2 rings (SSSR count). The van der Waals surface area contributed by atoms with E-state index in [0.29, 0.717) is 5.39 Å². The molecule has 0 atom stereocenters. The van der Waals surface area contributed by atoms with Crippen LogP contribution >= 0.6 is 0 Å². The molecule has 1 aromatic heterocycles. The van der Waals surface area contributed by atoms with Gasteiger partial charge in [-0.25, -0.2) is 13.2 Å². The predicted molar refractivity (Wildman–Crippen MR) is 79.1 cm³/mol. The number of benzene rings is 1. The fourth-order valence-corrected chi connectivity index (χ4v) is 3.65. The fourth-order valence-electron chi connectivity index (χ4n) is 2.02. The Labute approximate surface area is 126 Å². The Balaban J connectivity index is 2.54. The van der Waals surface area contributed by atoms with Gasteiger partial charge < -0.3 is 9.52 Å². The SMILES string of the molecule is CC(C)N(CC(=O)O)S(=O)(=O)c1ccc2oc(=O)ccc2c1. The second kappa shape index (κ2) is 5.90. The molecule has 22 heavy (non-hydrogen) atoms.